The van der Waals surface area contributed by atoms with Crippen molar-refractivity contribution in [2.24, 2.45) is 5.90 Å². The summed E-state index contributed by atoms with van der Waals surface area (Å²) in [5, 5.41) is 32.7. The van der Waals surface area contributed by atoms with Crippen LogP contribution in [0.1, 0.15) is 50.1 Å². The average molecular weight is 788 g/mol. The third-order valence-electron chi connectivity index (χ3n) is 8.87. The van der Waals surface area contributed by atoms with Crippen molar-refractivity contribution in [1.29, 1.82) is 0 Å². The monoisotopic (exact) mass is 786 g/mol. The molecule has 0 atom stereocenters. The van der Waals surface area contributed by atoms with Crippen molar-refractivity contribution in [3.05, 3.63) is 133 Å². The summed E-state index contributed by atoms with van der Waals surface area (Å²) in [6, 6.07) is 22.9. The van der Waals surface area contributed by atoms with E-state index in [2.05, 4.69) is 50.2 Å². The summed E-state index contributed by atoms with van der Waals surface area (Å²) in [6.45, 7) is 7.11. The minimum atomic E-state index is -0.391. The van der Waals surface area contributed by atoms with Crippen LogP contribution >= 0.6 is 28.3 Å². The summed E-state index contributed by atoms with van der Waals surface area (Å²) in [5.41, 5.74) is 10.8. The van der Waals surface area contributed by atoms with Crippen molar-refractivity contribution in [1.82, 2.24) is 10.2 Å². The maximum absolute atomic E-state index is 10.3. The normalized spacial score (nSPS) is 13.2. The molecule has 11 nitrogen and oxygen atoms in total. The zero-order valence-electron chi connectivity index (χ0n) is 29.1. The van der Waals surface area contributed by atoms with Gasteiger partial charge >= 0.3 is 0 Å². The molecule has 2 heterocycles. The molecular formula is C38H48BrClN4O7. The summed E-state index contributed by atoms with van der Waals surface area (Å²) >= 11 is 3.30. The van der Waals surface area contributed by atoms with E-state index in [1.54, 1.807) is 19.2 Å². The highest BCUT2D eigenvalue weighted by molar-refractivity contribution is 9.09. The van der Waals surface area contributed by atoms with Crippen molar-refractivity contribution >= 4 is 34.0 Å². The molecule has 0 saturated carbocycles. The first-order valence-electron chi connectivity index (χ1n) is 16.6. The van der Waals surface area contributed by atoms with Gasteiger partial charge in [0, 0.05) is 43.6 Å². The fraction of sp³-hybridized carbons (Fsp3) is 0.368. The maximum Gasteiger partial charge on any atom is 0.269 e. The van der Waals surface area contributed by atoms with Gasteiger partial charge in [-0.2, -0.15) is 5.90 Å². The van der Waals surface area contributed by atoms with E-state index in [1.165, 1.54) is 45.5 Å². The van der Waals surface area contributed by atoms with Crippen LogP contribution < -0.4 is 20.8 Å². The highest BCUT2D eigenvalue weighted by Gasteiger charge is 2.18. The Morgan fingerprint density at radius 3 is 2.14 bits per heavy atom. The number of ether oxygens (including phenoxy) is 1. The number of rotatable bonds is 11. The second-order valence-corrected chi connectivity index (χ2v) is 13.0. The van der Waals surface area contributed by atoms with Gasteiger partial charge in [-0.25, -0.2) is 0 Å². The summed E-state index contributed by atoms with van der Waals surface area (Å²) in [4.78, 5) is 21.3. The van der Waals surface area contributed by atoms with E-state index >= 15 is 0 Å². The number of fused-ring (bicyclic) bond motifs is 2. The lowest BCUT2D eigenvalue weighted by molar-refractivity contribution is -0.384. The van der Waals surface area contributed by atoms with Gasteiger partial charge in [0.05, 0.1) is 25.2 Å². The fourth-order valence-electron chi connectivity index (χ4n) is 6.06. The number of aliphatic hydroxyl groups excluding tert-OH is 2. The van der Waals surface area contributed by atoms with Gasteiger partial charge in [0.1, 0.15) is 5.75 Å². The predicted octanol–water partition coefficient (Wildman–Crippen LogP) is 6.06. The van der Waals surface area contributed by atoms with E-state index < -0.39 is 4.92 Å². The minimum absolute atomic E-state index is 0. The number of nitro benzene ring substituents is 1. The standard InChI is InChI=1S/C19H24N2O3.C11H15NO2.C8H8BrNO2.ClH/c1-14-11-17-13-21(10-8-16(17)12-19(14)22-2)9-7-15-3-5-18(6-4-15)23-24-20;13-6-10-3-8-1-2-12-5-9(8)4-11(10)7-14;9-6-5-7-1-3-8(4-2-7)10(11)12;/h3-6,11-12H,7-10,13,20H2,1-2H3;3-4,12-14H,1-2,5-7H2;1-4H,5-6H2;1H. The molecule has 0 saturated heterocycles. The Kier molecular flexibility index (Phi) is 17.8. The van der Waals surface area contributed by atoms with Crippen LogP contribution in [0, 0.1) is 17.0 Å². The van der Waals surface area contributed by atoms with E-state index in [0.717, 1.165) is 86.2 Å². The number of aliphatic hydroxyl groups is 2. The summed E-state index contributed by atoms with van der Waals surface area (Å²) in [6.07, 6.45) is 3.99. The number of nitrogens with one attached hydrogen (secondary N) is 1. The molecule has 0 fully saturated rings. The molecule has 4 aromatic carbocycles. The number of hydrogen-bond donors (Lipinski definition) is 4. The number of nitrogens with two attached hydrogens (primary N) is 1. The Bertz CT molecular complexity index is 1630. The van der Waals surface area contributed by atoms with Gasteiger partial charge in [-0.3, -0.25) is 15.0 Å². The van der Waals surface area contributed by atoms with Gasteiger partial charge in [0.25, 0.3) is 5.69 Å². The molecule has 4 aromatic rings. The second kappa shape index (κ2) is 21.7. The summed E-state index contributed by atoms with van der Waals surface area (Å²) < 4.78 is 5.43. The van der Waals surface area contributed by atoms with Crippen LogP contribution in [0.3, 0.4) is 0 Å². The minimum Gasteiger partial charge on any atom is -0.496 e. The molecule has 0 amide bonds. The molecule has 0 unspecified atom stereocenters. The van der Waals surface area contributed by atoms with Crippen LogP contribution in [0.5, 0.6) is 11.5 Å². The molecule has 0 bridgehead atoms. The molecule has 2 aliphatic heterocycles. The summed E-state index contributed by atoms with van der Waals surface area (Å²) in [7, 11) is 1.74. The van der Waals surface area contributed by atoms with E-state index in [-0.39, 0.29) is 31.3 Å². The zero-order valence-corrected chi connectivity index (χ0v) is 31.5. The van der Waals surface area contributed by atoms with Gasteiger partial charge in [-0.05, 0) is 107 Å². The van der Waals surface area contributed by atoms with Crippen molar-refractivity contribution < 1.29 is 29.7 Å². The smallest absolute Gasteiger partial charge is 0.269 e. The third-order valence-corrected chi connectivity index (χ3v) is 9.27. The number of nitro groups is 1. The number of benzene rings is 4. The van der Waals surface area contributed by atoms with Crippen molar-refractivity contribution in [3.63, 3.8) is 0 Å². The highest BCUT2D eigenvalue weighted by Crippen LogP contribution is 2.27. The van der Waals surface area contributed by atoms with Crippen LogP contribution in [0.15, 0.2) is 72.8 Å². The number of alkyl halides is 1. The quantitative estimate of drug-likeness (QED) is 0.0611. The van der Waals surface area contributed by atoms with Crippen LogP contribution in [-0.2, 0) is 57.0 Å². The third kappa shape index (κ3) is 12.5. The molecular weight excluding hydrogens is 740 g/mol. The Balaban J connectivity index is 0.000000222. The van der Waals surface area contributed by atoms with Gasteiger partial charge < -0.3 is 25.2 Å². The van der Waals surface area contributed by atoms with Gasteiger partial charge in [-0.1, -0.05) is 63.4 Å². The van der Waals surface area contributed by atoms with Gasteiger partial charge in [0.2, 0.25) is 0 Å². The molecule has 276 valence electrons. The van der Waals surface area contributed by atoms with E-state index in [0.29, 0.717) is 5.75 Å². The Morgan fingerprint density at radius 1 is 0.902 bits per heavy atom. The number of hydrogen-bond acceptors (Lipinski definition) is 10. The number of non-ortho nitro benzene ring substituents is 1. The lowest BCUT2D eigenvalue weighted by atomic mass is 9.95. The number of aryl methyl sites for hydroxylation is 2. The van der Waals surface area contributed by atoms with Gasteiger partial charge in [0.15, 0.2) is 5.75 Å². The summed E-state index contributed by atoms with van der Waals surface area (Å²) in [5.74, 6) is 6.49. The lowest BCUT2D eigenvalue weighted by Crippen LogP contribution is -2.32. The zero-order chi connectivity index (χ0) is 35.9. The first kappa shape index (κ1) is 41.8. The lowest BCUT2D eigenvalue weighted by Gasteiger charge is -2.29. The number of methoxy groups -OCH3 is 1. The van der Waals surface area contributed by atoms with Crippen LogP contribution in [0.2, 0.25) is 0 Å². The first-order valence-corrected chi connectivity index (χ1v) is 17.8. The highest BCUT2D eigenvalue weighted by atomic mass is 79.9. The van der Waals surface area contributed by atoms with Crippen molar-refractivity contribution in [3.8, 4) is 11.5 Å². The van der Waals surface area contributed by atoms with Crippen LogP contribution in [-0.4, -0.2) is 52.1 Å². The maximum atomic E-state index is 10.3. The van der Waals surface area contributed by atoms with E-state index in [1.807, 2.05) is 36.4 Å². The molecule has 13 heteroatoms. The molecule has 51 heavy (non-hydrogen) atoms. The predicted molar refractivity (Wildman–Crippen MR) is 204 cm³/mol. The topological polar surface area (TPSA) is 153 Å². The number of nitrogens with zero attached hydrogens (tertiary/aromatic N) is 2. The van der Waals surface area contributed by atoms with Crippen molar-refractivity contribution in [2.75, 3.05) is 32.1 Å². The molecule has 2 aliphatic rings. The molecule has 0 spiro atoms. The molecule has 0 aliphatic carbocycles. The molecule has 5 N–H and O–H groups in total. The Morgan fingerprint density at radius 2 is 1.53 bits per heavy atom. The largest absolute Gasteiger partial charge is 0.496 e. The van der Waals surface area contributed by atoms with Crippen molar-refractivity contribution in [2.45, 2.75) is 58.9 Å². The van der Waals surface area contributed by atoms with E-state index in [9.17, 15) is 10.1 Å². The SMILES string of the molecule is COc1cc2c(cc1C)CN(CCc1ccc(OON)cc1)CC2.Cl.O=[N+]([O-])c1ccc(CCBr)cc1.OCc1cc2c(cc1CO)CNCC2. The Hall–Kier alpha value is -3.59. The number of halogens is 2. The molecule has 0 aromatic heterocycles. The van der Waals surface area contributed by atoms with Crippen LogP contribution in [0.4, 0.5) is 5.69 Å². The van der Waals surface area contributed by atoms with E-state index in [4.69, 9.17) is 25.7 Å². The van der Waals surface area contributed by atoms with Gasteiger partial charge in [-0.15, -0.1) is 12.4 Å². The molecule has 0 radical (unpaired) electrons. The second-order valence-electron chi connectivity index (χ2n) is 12.2. The molecule has 6 rings (SSSR count). The van der Waals surface area contributed by atoms with Crippen LogP contribution in [0.25, 0.3) is 0 Å². The fourth-order valence-corrected chi connectivity index (χ4v) is 6.51. The first-order chi connectivity index (χ1) is 24.3. The average Bonchev–Trinajstić information content (AvgIpc) is 3.14. The Labute approximate surface area is 314 Å².